The lowest BCUT2D eigenvalue weighted by Gasteiger charge is -2.00. The fourth-order valence-electron chi connectivity index (χ4n) is 1.57. The van der Waals surface area contributed by atoms with Gasteiger partial charge < -0.3 is 0 Å². The molecule has 0 saturated carbocycles. The third-order valence-corrected chi connectivity index (χ3v) is 2.67. The van der Waals surface area contributed by atoms with E-state index in [0.29, 0.717) is 6.42 Å². The van der Waals surface area contributed by atoms with Crippen molar-refractivity contribution in [3.63, 3.8) is 0 Å². The van der Waals surface area contributed by atoms with Gasteiger partial charge in [-0.2, -0.15) is 0 Å². The molecule has 0 bridgehead atoms. The summed E-state index contributed by atoms with van der Waals surface area (Å²) in [5.41, 5.74) is 0. The van der Waals surface area contributed by atoms with Crippen LogP contribution < -0.4 is 0 Å². The second-order valence-corrected chi connectivity index (χ2v) is 4.36. The number of halogens is 2. The molecule has 0 saturated heterocycles. The monoisotopic (exact) mass is 254 g/mol. The van der Waals surface area contributed by atoms with Crippen molar-refractivity contribution in [2.75, 3.05) is 0 Å². The molecule has 0 aromatic carbocycles. The van der Waals surface area contributed by atoms with Gasteiger partial charge in [-0.1, -0.05) is 58.3 Å². The fourth-order valence-corrected chi connectivity index (χ4v) is 1.71. The van der Waals surface area contributed by atoms with Gasteiger partial charge in [0.1, 0.15) is 0 Å². The Labute approximate surface area is 105 Å². The zero-order valence-corrected chi connectivity index (χ0v) is 11.3. The van der Waals surface area contributed by atoms with Crippen LogP contribution in [0, 0.1) is 0 Å². The molecule has 0 rings (SSSR count). The molecule has 0 aromatic rings. The molecule has 0 amide bonds. The van der Waals surface area contributed by atoms with E-state index in [1.165, 1.54) is 44.9 Å². The van der Waals surface area contributed by atoms with Gasteiger partial charge >= 0.3 is 0 Å². The van der Waals surface area contributed by atoms with Crippen molar-refractivity contribution in [1.82, 2.24) is 0 Å². The maximum Gasteiger partial charge on any atom is 0.221 e. The highest BCUT2D eigenvalue weighted by atomic mass is 35.5. The second kappa shape index (κ2) is 14.2. The summed E-state index contributed by atoms with van der Waals surface area (Å²) >= 11 is 5.24. The molecule has 0 N–H and O–H groups in total. The Hall–Kier alpha value is 0.250. The topological polar surface area (TPSA) is 17.1 Å². The van der Waals surface area contributed by atoms with E-state index in [1.54, 1.807) is 0 Å². The first-order chi connectivity index (χ1) is 6.77. The third-order valence-electron chi connectivity index (χ3n) is 2.48. The van der Waals surface area contributed by atoms with E-state index < -0.39 is 0 Å². The van der Waals surface area contributed by atoms with E-state index in [4.69, 9.17) is 11.6 Å². The number of rotatable bonds is 10. The normalized spacial score (nSPS) is 9.73. The van der Waals surface area contributed by atoms with Crippen LogP contribution in [0.15, 0.2) is 0 Å². The SMILES string of the molecule is CCCCCCCCCCCC(=O)Cl.Cl. The van der Waals surface area contributed by atoms with E-state index >= 15 is 0 Å². The zero-order valence-electron chi connectivity index (χ0n) is 9.77. The molecule has 0 aliphatic rings. The van der Waals surface area contributed by atoms with E-state index in [-0.39, 0.29) is 17.6 Å². The van der Waals surface area contributed by atoms with Crippen LogP contribution in [0.1, 0.15) is 71.1 Å². The van der Waals surface area contributed by atoms with Crippen LogP contribution in [0.3, 0.4) is 0 Å². The van der Waals surface area contributed by atoms with Crippen LogP contribution in [0.25, 0.3) is 0 Å². The first-order valence-electron chi connectivity index (χ1n) is 5.95. The Morgan fingerprint density at radius 2 is 1.27 bits per heavy atom. The summed E-state index contributed by atoms with van der Waals surface area (Å²) in [6.45, 7) is 2.24. The Bertz CT molecular complexity index is 138. The van der Waals surface area contributed by atoms with Gasteiger partial charge in [0.25, 0.3) is 0 Å². The van der Waals surface area contributed by atoms with Crippen molar-refractivity contribution < 1.29 is 4.79 Å². The summed E-state index contributed by atoms with van der Waals surface area (Å²) in [5, 5.41) is -0.187. The Kier molecular flexibility index (Phi) is 16.8. The van der Waals surface area contributed by atoms with E-state index in [2.05, 4.69) is 6.92 Å². The highest BCUT2D eigenvalue weighted by molar-refractivity contribution is 6.63. The molecule has 0 spiro atoms. The largest absolute Gasteiger partial charge is 0.281 e. The fraction of sp³-hybridized carbons (Fsp3) is 0.917. The van der Waals surface area contributed by atoms with E-state index in [0.717, 1.165) is 12.8 Å². The lowest BCUT2D eigenvalue weighted by molar-refractivity contribution is -0.111. The van der Waals surface area contributed by atoms with Crippen LogP contribution in [0.2, 0.25) is 0 Å². The summed E-state index contributed by atoms with van der Waals surface area (Å²) in [5.74, 6) is 0. The molecule has 0 heterocycles. The van der Waals surface area contributed by atoms with Gasteiger partial charge in [0.2, 0.25) is 5.24 Å². The Morgan fingerprint density at radius 3 is 1.67 bits per heavy atom. The summed E-state index contributed by atoms with van der Waals surface area (Å²) in [4.78, 5) is 10.4. The molecule has 0 aromatic heterocycles. The predicted molar refractivity (Wildman–Crippen MR) is 70.0 cm³/mol. The molecule has 0 aliphatic carbocycles. The van der Waals surface area contributed by atoms with Gasteiger partial charge in [-0.05, 0) is 18.0 Å². The van der Waals surface area contributed by atoms with Crippen LogP contribution in [-0.2, 0) is 4.79 Å². The highest BCUT2D eigenvalue weighted by Gasteiger charge is 1.95. The summed E-state index contributed by atoms with van der Waals surface area (Å²) in [7, 11) is 0. The van der Waals surface area contributed by atoms with Crippen molar-refractivity contribution in [3.8, 4) is 0 Å². The second-order valence-electron chi connectivity index (χ2n) is 3.93. The molecule has 3 heteroatoms. The molecule has 1 nitrogen and oxygen atoms in total. The summed E-state index contributed by atoms with van der Waals surface area (Å²) < 4.78 is 0. The molecule has 15 heavy (non-hydrogen) atoms. The zero-order chi connectivity index (χ0) is 10.6. The number of carbonyl (C=O) groups excluding carboxylic acids is 1. The standard InChI is InChI=1S/C12H23ClO.ClH/c1-2-3-4-5-6-7-8-9-10-11-12(13)14;/h2-11H2,1H3;1H. The van der Waals surface area contributed by atoms with Gasteiger partial charge in [0.05, 0.1) is 0 Å². The summed E-state index contributed by atoms with van der Waals surface area (Å²) in [6.07, 6.45) is 12.1. The molecule has 0 aliphatic heterocycles. The smallest absolute Gasteiger partial charge is 0.221 e. The van der Waals surface area contributed by atoms with E-state index in [1.807, 2.05) is 0 Å². The van der Waals surface area contributed by atoms with Gasteiger partial charge in [-0.3, -0.25) is 4.79 Å². The maximum absolute atomic E-state index is 10.4. The molecule has 0 radical (unpaired) electrons. The molecule has 92 valence electrons. The number of hydrogen-bond donors (Lipinski definition) is 0. The van der Waals surface area contributed by atoms with Crippen LogP contribution in [0.5, 0.6) is 0 Å². The first kappa shape index (κ1) is 17.6. The molecule has 0 atom stereocenters. The van der Waals surface area contributed by atoms with Crippen LogP contribution >= 0.6 is 24.0 Å². The number of unbranched alkanes of at least 4 members (excludes halogenated alkanes) is 8. The lowest BCUT2D eigenvalue weighted by atomic mass is 10.1. The van der Waals surface area contributed by atoms with Gasteiger partial charge in [-0.25, -0.2) is 0 Å². The molecule has 0 fully saturated rings. The van der Waals surface area contributed by atoms with Gasteiger partial charge in [0, 0.05) is 6.42 Å². The van der Waals surface area contributed by atoms with E-state index in [9.17, 15) is 4.79 Å². The predicted octanol–water partition coefficient (Wildman–Crippen LogP) is 5.09. The van der Waals surface area contributed by atoms with Crippen molar-refractivity contribution >= 4 is 29.3 Å². The highest BCUT2D eigenvalue weighted by Crippen LogP contribution is 2.10. The minimum Gasteiger partial charge on any atom is -0.281 e. The van der Waals surface area contributed by atoms with Crippen LogP contribution in [0.4, 0.5) is 0 Å². The van der Waals surface area contributed by atoms with Crippen molar-refractivity contribution in [1.29, 1.82) is 0 Å². The quantitative estimate of drug-likeness (QED) is 0.392. The minimum absolute atomic E-state index is 0. The van der Waals surface area contributed by atoms with Crippen molar-refractivity contribution in [2.45, 2.75) is 71.1 Å². The number of hydrogen-bond acceptors (Lipinski definition) is 1. The van der Waals surface area contributed by atoms with Crippen molar-refractivity contribution in [3.05, 3.63) is 0 Å². The lowest BCUT2D eigenvalue weighted by Crippen LogP contribution is -1.86. The number of carbonyl (C=O) groups is 1. The van der Waals surface area contributed by atoms with Gasteiger partial charge in [-0.15, -0.1) is 12.4 Å². The Morgan fingerprint density at radius 1 is 0.867 bits per heavy atom. The third kappa shape index (κ3) is 16.9. The average Bonchev–Trinajstić information content (AvgIpc) is 2.15. The van der Waals surface area contributed by atoms with Crippen molar-refractivity contribution in [2.24, 2.45) is 0 Å². The average molecular weight is 255 g/mol. The van der Waals surface area contributed by atoms with Crippen LogP contribution in [-0.4, -0.2) is 5.24 Å². The molecular formula is C12H24Cl2O. The molecular weight excluding hydrogens is 231 g/mol. The summed E-state index contributed by atoms with van der Waals surface area (Å²) in [6, 6.07) is 0. The maximum atomic E-state index is 10.4. The van der Waals surface area contributed by atoms with Gasteiger partial charge in [0.15, 0.2) is 0 Å². The Balaban J connectivity index is 0. The molecule has 0 unspecified atom stereocenters. The first-order valence-corrected chi connectivity index (χ1v) is 6.33. The minimum atomic E-state index is -0.187.